The third kappa shape index (κ3) is 1.85. The second-order valence-corrected chi connectivity index (χ2v) is 1.75. The van der Waals surface area contributed by atoms with Crippen molar-refractivity contribution in [2.24, 2.45) is 4.99 Å². The molecule has 0 unspecified atom stereocenters. The minimum absolute atomic E-state index is 0.781. The maximum absolute atomic E-state index is 3.98. The zero-order valence-corrected chi connectivity index (χ0v) is 5.46. The van der Waals surface area contributed by atoms with Crippen LogP contribution in [0.5, 0.6) is 0 Å². The highest BCUT2D eigenvalue weighted by molar-refractivity contribution is 5.86. The Kier molecular flexibility index (Phi) is 2.27. The first-order valence-corrected chi connectivity index (χ1v) is 3.06. The van der Waals surface area contributed by atoms with E-state index in [1.54, 1.807) is 12.4 Å². The van der Waals surface area contributed by atoms with Crippen LogP contribution >= 0.6 is 0 Å². The van der Waals surface area contributed by atoms with Gasteiger partial charge >= 0.3 is 0 Å². The van der Waals surface area contributed by atoms with E-state index in [1.165, 1.54) is 0 Å². The first kappa shape index (κ1) is 6.29. The zero-order chi connectivity index (χ0) is 6.53. The van der Waals surface area contributed by atoms with Crippen molar-refractivity contribution in [3.05, 3.63) is 12.4 Å². The van der Waals surface area contributed by atoms with E-state index in [0.717, 1.165) is 18.9 Å². The molecule has 0 aliphatic carbocycles. The van der Waals surface area contributed by atoms with Gasteiger partial charge in [0.15, 0.2) is 0 Å². The Bertz CT molecular complexity index is 137. The van der Waals surface area contributed by atoms with Crippen molar-refractivity contribution < 1.29 is 0 Å². The fourth-order valence-electron chi connectivity index (χ4n) is 0.600. The summed E-state index contributed by atoms with van der Waals surface area (Å²) in [4.78, 5) is 3.98. The number of aliphatic imine (C=N–C) groups is 1. The molecule has 0 saturated carbocycles. The fourth-order valence-corrected chi connectivity index (χ4v) is 0.600. The van der Waals surface area contributed by atoms with Gasteiger partial charge in [0.1, 0.15) is 5.84 Å². The topological polar surface area (TPSA) is 38.5 Å². The lowest BCUT2D eigenvalue weighted by Crippen LogP contribution is -2.25. The molecule has 0 aromatic carbocycles. The molecule has 3 heteroatoms. The van der Waals surface area contributed by atoms with E-state index in [9.17, 15) is 0 Å². The summed E-state index contributed by atoms with van der Waals surface area (Å²) in [6.07, 6.45) is 3.40. The molecule has 1 heterocycles. The van der Waals surface area contributed by atoms with Crippen LogP contribution in [0.2, 0.25) is 0 Å². The summed E-state index contributed by atoms with van der Waals surface area (Å²) >= 11 is 0. The summed E-state index contributed by atoms with van der Waals surface area (Å²) in [6.45, 7) is 3.81. The van der Waals surface area contributed by atoms with Gasteiger partial charge in [-0.25, -0.2) is 10.3 Å². The van der Waals surface area contributed by atoms with E-state index < -0.39 is 0 Å². The minimum atomic E-state index is 0.781. The van der Waals surface area contributed by atoms with Gasteiger partial charge in [-0.1, -0.05) is 6.92 Å². The Labute approximate surface area is 54.9 Å². The molecule has 1 aliphatic heterocycles. The lowest BCUT2D eigenvalue weighted by atomic mass is 10.5. The number of rotatable bonds is 3. The van der Waals surface area contributed by atoms with Crippen molar-refractivity contribution in [3.8, 4) is 0 Å². The first-order chi connectivity index (χ1) is 4.43. The molecular formula is C6H10N3. The van der Waals surface area contributed by atoms with E-state index in [2.05, 4.69) is 22.5 Å². The van der Waals surface area contributed by atoms with Crippen LogP contribution in [0.1, 0.15) is 6.92 Å². The number of nitrogens with zero attached hydrogens (tertiary/aromatic N) is 2. The Morgan fingerprint density at radius 1 is 1.56 bits per heavy atom. The summed E-state index contributed by atoms with van der Waals surface area (Å²) in [7, 11) is 0. The maximum Gasteiger partial charge on any atom is 0.142 e. The van der Waals surface area contributed by atoms with E-state index in [-0.39, 0.29) is 0 Å². The predicted octanol–water partition coefficient (Wildman–Crippen LogP) is 0.0836. The second kappa shape index (κ2) is 3.25. The van der Waals surface area contributed by atoms with Crippen LogP contribution in [0.15, 0.2) is 17.4 Å². The Hall–Kier alpha value is -0.830. The zero-order valence-electron chi connectivity index (χ0n) is 5.46. The van der Waals surface area contributed by atoms with Crippen molar-refractivity contribution in [3.63, 3.8) is 0 Å². The highest BCUT2D eigenvalue weighted by atomic mass is 15.1. The van der Waals surface area contributed by atoms with Gasteiger partial charge in [0.2, 0.25) is 0 Å². The molecule has 1 radical (unpaired) electrons. The predicted molar refractivity (Wildman–Crippen MR) is 37.3 cm³/mol. The molecule has 0 spiro atoms. The SMILES string of the molecule is CCNCC1=NC=C[N]1. The largest absolute Gasteiger partial charge is 0.310 e. The van der Waals surface area contributed by atoms with Gasteiger partial charge in [-0.15, -0.1) is 0 Å². The minimum Gasteiger partial charge on any atom is -0.310 e. The highest BCUT2D eigenvalue weighted by Crippen LogP contribution is 1.86. The van der Waals surface area contributed by atoms with Crippen molar-refractivity contribution in [2.45, 2.75) is 6.92 Å². The third-order valence-corrected chi connectivity index (χ3v) is 1.05. The number of hydrogen-bond acceptors (Lipinski definition) is 2. The number of amidine groups is 1. The molecule has 1 aliphatic rings. The van der Waals surface area contributed by atoms with Crippen LogP contribution in [0.3, 0.4) is 0 Å². The molecule has 9 heavy (non-hydrogen) atoms. The monoisotopic (exact) mass is 124 g/mol. The summed E-state index contributed by atoms with van der Waals surface area (Å²) in [5, 5.41) is 7.11. The van der Waals surface area contributed by atoms with E-state index in [0.29, 0.717) is 0 Å². The van der Waals surface area contributed by atoms with Crippen LogP contribution in [0, 0.1) is 0 Å². The summed E-state index contributed by atoms with van der Waals surface area (Å²) < 4.78 is 0. The molecule has 0 saturated heterocycles. The van der Waals surface area contributed by atoms with Gasteiger partial charge in [-0.2, -0.15) is 0 Å². The Morgan fingerprint density at radius 2 is 2.44 bits per heavy atom. The van der Waals surface area contributed by atoms with Gasteiger partial charge in [0, 0.05) is 12.4 Å². The molecule has 0 fully saturated rings. The van der Waals surface area contributed by atoms with E-state index in [4.69, 9.17) is 0 Å². The lowest BCUT2D eigenvalue weighted by molar-refractivity contribution is 0.808. The molecule has 0 amide bonds. The van der Waals surface area contributed by atoms with Gasteiger partial charge in [0.05, 0.1) is 6.54 Å². The van der Waals surface area contributed by atoms with Gasteiger partial charge in [-0.3, -0.25) is 0 Å². The fraction of sp³-hybridized carbons (Fsp3) is 0.500. The average Bonchev–Trinajstić information content (AvgIpc) is 2.34. The average molecular weight is 124 g/mol. The first-order valence-electron chi connectivity index (χ1n) is 3.06. The van der Waals surface area contributed by atoms with Crippen LogP contribution < -0.4 is 10.6 Å². The molecule has 1 rings (SSSR count). The van der Waals surface area contributed by atoms with Gasteiger partial charge in [0.25, 0.3) is 0 Å². The number of likely N-dealkylation sites (N-methyl/N-ethyl adjacent to an activating group) is 1. The summed E-state index contributed by atoms with van der Waals surface area (Å²) in [5.41, 5.74) is 0. The molecule has 0 aromatic heterocycles. The third-order valence-electron chi connectivity index (χ3n) is 1.05. The maximum atomic E-state index is 3.98. The Balaban J connectivity index is 2.14. The van der Waals surface area contributed by atoms with Crippen LogP contribution in [-0.4, -0.2) is 18.9 Å². The van der Waals surface area contributed by atoms with Crippen LogP contribution in [0.4, 0.5) is 0 Å². The number of nitrogens with one attached hydrogen (secondary N) is 1. The van der Waals surface area contributed by atoms with Crippen molar-refractivity contribution in [1.82, 2.24) is 10.6 Å². The van der Waals surface area contributed by atoms with E-state index >= 15 is 0 Å². The summed E-state index contributed by atoms with van der Waals surface area (Å²) in [5.74, 6) is 0.872. The smallest absolute Gasteiger partial charge is 0.142 e. The van der Waals surface area contributed by atoms with Crippen LogP contribution in [-0.2, 0) is 0 Å². The van der Waals surface area contributed by atoms with Crippen molar-refractivity contribution in [2.75, 3.05) is 13.1 Å². The lowest BCUT2D eigenvalue weighted by Gasteiger charge is -1.97. The van der Waals surface area contributed by atoms with Crippen LogP contribution in [0.25, 0.3) is 0 Å². The molecule has 0 bridgehead atoms. The van der Waals surface area contributed by atoms with Gasteiger partial charge < -0.3 is 5.32 Å². The Morgan fingerprint density at radius 3 is 3.00 bits per heavy atom. The molecule has 49 valence electrons. The normalized spacial score (nSPS) is 15.4. The second-order valence-electron chi connectivity index (χ2n) is 1.75. The molecule has 1 N–H and O–H groups in total. The highest BCUT2D eigenvalue weighted by Gasteiger charge is 1.98. The van der Waals surface area contributed by atoms with Gasteiger partial charge in [-0.05, 0) is 6.54 Å². The quantitative estimate of drug-likeness (QED) is 0.568. The molecule has 3 nitrogen and oxygen atoms in total. The van der Waals surface area contributed by atoms with E-state index in [1.807, 2.05) is 0 Å². The summed E-state index contributed by atoms with van der Waals surface area (Å²) in [6, 6.07) is 0. The molecular weight excluding hydrogens is 114 g/mol. The van der Waals surface area contributed by atoms with Crippen molar-refractivity contribution in [1.29, 1.82) is 0 Å². The number of hydrogen-bond donors (Lipinski definition) is 1. The molecule has 0 atom stereocenters. The van der Waals surface area contributed by atoms with Crippen molar-refractivity contribution >= 4 is 5.84 Å². The molecule has 0 aromatic rings. The standard InChI is InChI=1S/C6H10N3/c1-2-7-5-6-8-3-4-9-6/h3-4,7H,2,5H2,1H3.